The van der Waals surface area contributed by atoms with Gasteiger partial charge in [-0.25, -0.2) is 0 Å². The number of hydrogen-bond donors (Lipinski definition) is 3. The summed E-state index contributed by atoms with van der Waals surface area (Å²) < 4.78 is 5.03. The van der Waals surface area contributed by atoms with Crippen LogP contribution in [0.4, 0.5) is 17.1 Å². The van der Waals surface area contributed by atoms with Gasteiger partial charge in [-0.1, -0.05) is 23.7 Å². The Balaban J connectivity index is 1.66. The number of aromatic nitrogens is 3. The summed E-state index contributed by atoms with van der Waals surface area (Å²) in [4.78, 5) is 51.3. The minimum atomic E-state index is -0.709. The van der Waals surface area contributed by atoms with E-state index in [-0.39, 0.29) is 39.4 Å². The van der Waals surface area contributed by atoms with Gasteiger partial charge in [0, 0.05) is 17.5 Å². The maximum absolute atomic E-state index is 13.3. The number of para-hydroxylation sites is 2. The van der Waals surface area contributed by atoms with Crippen LogP contribution in [0.25, 0.3) is 11.0 Å². The van der Waals surface area contributed by atoms with Gasteiger partial charge in [0.05, 0.1) is 34.9 Å². The molecule has 0 atom stereocenters. The molecule has 0 saturated heterocycles. The zero-order chi connectivity index (χ0) is 26.0. The molecule has 11 heteroatoms. The largest absolute Gasteiger partial charge is 0.467 e. The Kier molecular flexibility index (Phi) is 6.89. The topological polar surface area (TPSA) is 143 Å². The van der Waals surface area contributed by atoms with Crippen molar-refractivity contribution in [1.82, 2.24) is 15.0 Å². The molecule has 4 aromatic rings. The molecule has 2 aromatic carbocycles. The van der Waals surface area contributed by atoms with Gasteiger partial charge in [0.15, 0.2) is 0 Å². The van der Waals surface area contributed by atoms with Gasteiger partial charge >= 0.3 is 6.01 Å². The molecule has 184 valence electrons. The van der Waals surface area contributed by atoms with E-state index in [1.807, 2.05) is 6.92 Å². The zero-order valence-corrected chi connectivity index (χ0v) is 20.5. The first-order chi connectivity index (χ1) is 17.2. The molecule has 0 saturated carbocycles. The molecule has 0 unspecified atom stereocenters. The fourth-order valence-electron chi connectivity index (χ4n) is 3.72. The van der Waals surface area contributed by atoms with E-state index in [0.29, 0.717) is 29.0 Å². The Labute approximate surface area is 211 Å². The summed E-state index contributed by atoms with van der Waals surface area (Å²) in [7, 11) is 1.41. The summed E-state index contributed by atoms with van der Waals surface area (Å²) in [6.07, 6.45) is 0. The van der Waals surface area contributed by atoms with Crippen LogP contribution in [0.5, 0.6) is 6.01 Å². The van der Waals surface area contributed by atoms with Gasteiger partial charge in [-0.05, 0) is 50.2 Å². The molecule has 0 aliphatic rings. The number of anilines is 3. The highest BCUT2D eigenvalue weighted by Crippen LogP contribution is 2.28. The second-order valence-electron chi connectivity index (χ2n) is 7.83. The molecule has 10 nitrogen and oxygen atoms in total. The van der Waals surface area contributed by atoms with Gasteiger partial charge < -0.3 is 25.7 Å². The molecule has 4 rings (SSSR count). The minimum absolute atomic E-state index is 0.0968. The van der Waals surface area contributed by atoms with Gasteiger partial charge in [0.1, 0.15) is 11.2 Å². The smallest absolute Gasteiger partial charge is 0.318 e. The average molecular weight is 507 g/mol. The van der Waals surface area contributed by atoms with Gasteiger partial charge in [0.25, 0.3) is 17.4 Å². The highest BCUT2D eigenvalue weighted by atomic mass is 35.5. The predicted octanol–water partition coefficient (Wildman–Crippen LogP) is 3.79. The summed E-state index contributed by atoms with van der Waals surface area (Å²) in [5.41, 5.74) is 7.49. The molecular weight excluding hydrogens is 484 g/mol. The second kappa shape index (κ2) is 10.0. The molecule has 0 spiro atoms. The van der Waals surface area contributed by atoms with Crippen molar-refractivity contribution in [3.05, 3.63) is 80.7 Å². The van der Waals surface area contributed by atoms with Crippen molar-refractivity contribution in [3.8, 4) is 6.01 Å². The Morgan fingerprint density at radius 3 is 2.61 bits per heavy atom. The maximum atomic E-state index is 13.3. The van der Waals surface area contributed by atoms with E-state index in [0.717, 1.165) is 0 Å². The molecule has 2 amide bonds. The first kappa shape index (κ1) is 24.7. The number of rotatable bonds is 6. The average Bonchev–Trinajstić information content (AvgIpc) is 2.86. The van der Waals surface area contributed by atoms with Crippen LogP contribution in [0.2, 0.25) is 5.02 Å². The van der Waals surface area contributed by atoms with Gasteiger partial charge in [-0.2, -0.15) is 9.97 Å². The Hall–Kier alpha value is -4.44. The summed E-state index contributed by atoms with van der Waals surface area (Å²) in [6.45, 7) is 3.91. The predicted molar refractivity (Wildman–Crippen MR) is 139 cm³/mol. The molecule has 36 heavy (non-hydrogen) atoms. The second-order valence-corrected chi connectivity index (χ2v) is 8.23. The standard InChI is InChI=1S/C25H23ClN6O4/c1-4-32(20-8-6-5-7-18(20)27)24(35)14-9-10-17(26)19(11-14)29-22(33)16-12-15-13(2)28-25(36-3)31-21(15)30-23(16)34/h5-12H,4,27H2,1-3H3,(H,29,33)(H,28,30,31,34). The van der Waals surface area contributed by atoms with Crippen molar-refractivity contribution in [2.45, 2.75) is 13.8 Å². The van der Waals surface area contributed by atoms with Crippen LogP contribution < -0.4 is 26.2 Å². The number of ether oxygens (including phenoxy) is 1. The number of aryl methyl sites for hydroxylation is 1. The first-order valence-electron chi connectivity index (χ1n) is 11.0. The molecule has 0 aliphatic heterocycles. The lowest BCUT2D eigenvalue weighted by Crippen LogP contribution is -2.31. The highest BCUT2D eigenvalue weighted by molar-refractivity contribution is 6.34. The summed E-state index contributed by atoms with van der Waals surface area (Å²) >= 11 is 6.30. The Morgan fingerprint density at radius 1 is 1.17 bits per heavy atom. The molecular formula is C25H23ClN6O4. The quantitative estimate of drug-likeness (QED) is 0.337. The third-order valence-electron chi connectivity index (χ3n) is 5.56. The van der Waals surface area contributed by atoms with Crippen molar-refractivity contribution in [2.75, 3.05) is 29.6 Å². The van der Waals surface area contributed by atoms with E-state index in [9.17, 15) is 14.4 Å². The van der Waals surface area contributed by atoms with E-state index >= 15 is 0 Å². The molecule has 0 fully saturated rings. The van der Waals surface area contributed by atoms with Crippen LogP contribution in [0, 0.1) is 6.92 Å². The first-order valence-corrected chi connectivity index (χ1v) is 11.3. The maximum Gasteiger partial charge on any atom is 0.318 e. The summed E-state index contributed by atoms with van der Waals surface area (Å²) in [6, 6.07) is 13.0. The minimum Gasteiger partial charge on any atom is -0.467 e. The number of nitrogens with one attached hydrogen (secondary N) is 2. The monoisotopic (exact) mass is 506 g/mol. The van der Waals surface area contributed by atoms with Crippen LogP contribution in [-0.4, -0.2) is 40.4 Å². The van der Waals surface area contributed by atoms with Crippen LogP contribution in [-0.2, 0) is 0 Å². The van der Waals surface area contributed by atoms with Crippen LogP contribution in [0.1, 0.15) is 33.3 Å². The fourth-order valence-corrected chi connectivity index (χ4v) is 3.89. The SMILES string of the molecule is CCN(C(=O)c1ccc(Cl)c(NC(=O)c2cc3c(C)nc(OC)nc3[nH]c2=O)c1)c1ccccc1N. The van der Waals surface area contributed by atoms with Crippen molar-refractivity contribution >= 4 is 51.5 Å². The number of pyridine rings is 1. The third kappa shape index (κ3) is 4.71. The van der Waals surface area contributed by atoms with Gasteiger partial charge in [-0.3, -0.25) is 14.4 Å². The van der Waals surface area contributed by atoms with Crippen LogP contribution >= 0.6 is 11.6 Å². The number of nitrogens with two attached hydrogens (primary N) is 1. The molecule has 2 aromatic heterocycles. The van der Waals surface area contributed by atoms with Gasteiger partial charge in [-0.15, -0.1) is 0 Å². The number of fused-ring (bicyclic) bond motifs is 1. The van der Waals surface area contributed by atoms with Crippen molar-refractivity contribution in [3.63, 3.8) is 0 Å². The zero-order valence-electron chi connectivity index (χ0n) is 19.8. The summed E-state index contributed by atoms with van der Waals surface area (Å²) in [5.74, 6) is -1.03. The number of benzene rings is 2. The van der Waals surface area contributed by atoms with E-state index in [2.05, 4.69) is 20.3 Å². The molecule has 4 N–H and O–H groups in total. The van der Waals surface area contributed by atoms with E-state index in [1.165, 1.54) is 30.2 Å². The number of aromatic amines is 1. The molecule has 2 heterocycles. The Morgan fingerprint density at radius 2 is 1.92 bits per heavy atom. The Bertz CT molecular complexity index is 1550. The molecule has 0 radical (unpaired) electrons. The van der Waals surface area contributed by atoms with E-state index < -0.39 is 11.5 Å². The van der Waals surface area contributed by atoms with Crippen LogP contribution in [0.15, 0.2) is 53.3 Å². The summed E-state index contributed by atoms with van der Waals surface area (Å²) in [5, 5.41) is 3.30. The number of nitrogens with zero attached hydrogens (tertiary/aromatic N) is 3. The fraction of sp³-hybridized carbons (Fsp3) is 0.160. The van der Waals surface area contributed by atoms with E-state index in [1.54, 1.807) is 37.3 Å². The van der Waals surface area contributed by atoms with Gasteiger partial charge in [0.2, 0.25) is 0 Å². The third-order valence-corrected chi connectivity index (χ3v) is 5.89. The number of H-pyrrole nitrogens is 1. The number of carbonyl (C=O) groups is 2. The number of methoxy groups -OCH3 is 1. The number of carbonyl (C=O) groups excluding carboxylic acids is 2. The molecule has 0 bridgehead atoms. The number of hydrogen-bond acceptors (Lipinski definition) is 7. The number of halogens is 1. The van der Waals surface area contributed by atoms with Crippen molar-refractivity contribution in [2.24, 2.45) is 0 Å². The normalized spacial score (nSPS) is 10.8. The lowest BCUT2D eigenvalue weighted by atomic mass is 10.1. The van der Waals surface area contributed by atoms with E-state index in [4.69, 9.17) is 22.1 Å². The lowest BCUT2D eigenvalue weighted by molar-refractivity contribution is 0.0985. The number of nitrogen functional groups attached to an aromatic ring is 1. The van der Waals surface area contributed by atoms with Crippen molar-refractivity contribution in [1.29, 1.82) is 0 Å². The van der Waals surface area contributed by atoms with Crippen LogP contribution in [0.3, 0.4) is 0 Å². The molecule has 0 aliphatic carbocycles. The van der Waals surface area contributed by atoms with Crippen molar-refractivity contribution < 1.29 is 14.3 Å². The highest BCUT2D eigenvalue weighted by Gasteiger charge is 2.21. The lowest BCUT2D eigenvalue weighted by Gasteiger charge is -2.23. The number of amides is 2.